The lowest BCUT2D eigenvalue weighted by Crippen LogP contribution is -2.36. The van der Waals surface area contributed by atoms with Crippen molar-refractivity contribution >= 4 is 17.6 Å². The standard InChI is InChI=1S/C16H22ClNO3/c1-3-21-16(19)12-6-8-18(9-7-12)11-13-10-14(17)4-5-15(13)20-2/h4-5,10,12H,3,6-9,11H2,1-2H3. The molecule has 0 aromatic heterocycles. The second-order valence-electron chi connectivity index (χ2n) is 5.26. The van der Waals surface area contributed by atoms with Crippen LogP contribution in [-0.4, -0.2) is 37.7 Å². The highest BCUT2D eigenvalue weighted by atomic mass is 35.5. The average molecular weight is 312 g/mol. The van der Waals surface area contributed by atoms with Crippen molar-refractivity contribution in [2.75, 3.05) is 26.8 Å². The lowest BCUT2D eigenvalue weighted by atomic mass is 9.96. The average Bonchev–Trinajstić information content (AvgIpc) is 2.48. The molecule has 1 heterocycles. The number of methoxy groups -OCH3 is 1. The summed E-state index contributed by atoms with van der Waals surface area (Å²) in [6.07, 6.45) is 1.70. The van der Waals surface area contributed by atoms with Crippen LogP contribution < -0.4 is 4.74 Å². The summed E-state index contributed by atoms with van der Waals surface area (Å²) in [7, 11) is 1.67. The molecule has 21 heavy (non-hydrogen) atoms. The van der Waals surface area contributed by atoms with Crippen molar-refractivity contribution in [3.05, 3.63) is 28.8 Å². The molecule has 0 N–H and O–H groups in total. The SMILES string of the molecule is CCOC(=O)C1CCN(Cc2cc(Cl)ccc2OC)CC1. The Labute approximate surface area is 131 Å². The predicted molar refractivity (Wildman–Crippen MR) is 82.6 cm³/mol. The zero-order chi connectivity index (χ0) is 15.2. The highest BCUT2D eigenvalue weighted by Crippen LogP contribution is 2.26. The summed E-state index contributed by atoms with van der Waals surface area (Å²) in [6, 6.07) is 5.66. The number of benzene rings is 1. The third-order valence-corrected chi connectivity index (χ3v) is 4.08. The van der Waals surface area contributed by atoms with Crippen LogP contribution in [0.3, 0.4) is 0 Å². The van der Waals surface area contributed by atoms with Gasteiger partial charge in [0.15, 0.2) is 0 Å². The summed E-state index contributed by atoms with van der Waals surface area (Å²) in [6.45, 7) is 4.87. The minimum absolute atomic E-state index is 0.0439. The molecule has 1 aromatic rings. The van der Waals surface area contributed by atoms with E-state index in [1.165, 1.54) is 0 Å². The lowest BCUT2D eigenvalue weighted by Gasteiger charge is -2.31. The van der Waals surface area contributed by atoms with Crippen LogP contribution in [0.15, 0.2) is 18.2 Å². The Balaban J connectivity index is 1.92. The van der Waals surface area contributed by atoms with Crippen molar-refractivity contribution < 1.29 is 14.3 Å². The molecule has 0 atom stereocenters. The van der Waals surface area contributed by atoms with Crippen LogP contribution in [0.5, 0.6) is 5.75 Å². The van der Waals surface area contributed by atoms with Gasteiger partial charge in [0.05, 0.1) is 19.6 Å². The molecule has 1 saturated heterocycles. The Kier molecular flexibility index (Phi) is 5.88. The quantitative estimate of drug-likeness (QED) is 0.783. The number of hydrogen-bond acceptors (Lipinski definition) is 4. The van der Waals surface area contributed by atoms with E-state index in [-0.39, 0.29) is 11.9 Å². The predicted octanol–water partition coefficient (Wildman–Crippen LogP) is 3.12. The van der Waals surface area contributed by atoms with E-state index in [0.29, 0.717) is 11.6 Å². The summed E-state index contributed by atoms with van der Waals surface area (Å²) >= 11 is 6.06. The Morgan fingerprint density at radius 1 is 1.38 bits per heavy atom. The number of halogens is 1. The number of ether oxygens (including phenoxy) is 2. The Hall–Kier alpha value is -1.26. The van der Waals surface area contributed by atoms with Crippen LogP contribution in [-0.2, 0) is 16.1 Å². The molecule has 0 spiro atoms. The van der Waals surface area contributed by atoms with Crippen LogP contribution in [0.4, 0.5) is 0 Å². The fraction of sp³-hybridized carbons (Fsp3) is 0.562. The largest absolute Gasteiger partial charge is 0.496 e. The monoisotopic (exact) mass is 311 g/mol. The third-order valence-electron chi connectivity index (χ3n) is 3.84. The van der Waals surface area contributed by atoms with Gasteiger partial charge in [0.25, 0.3) is 0 Å². The van der Waals surface area contributed by atoms with Crippen molar-refractivity contribution in [2.24, 2.45) is 5.92 Å². The van der Waals surface area contributed by atoms with Gasteiger partial charge >= 0.3 is 5.97 Å². The van der Waals surface area contributed by atoms with Crippen LogP contribution in [0.2, 0.25) is 5.02 Å². The summed E-state index contributed by atoms with van der Waals surface area (Å²) < 4.78 is 10.5. The molecule has 1 aliphatic heterocycles. The maximum Gasteiger partial charge on any atom is 0.309 e. The fourth-order valence-corrected chi connectivity index (χ4v) is 2.89. The smallest absolute Gasteiger partial charge is 0.309 e. The van der Waals surface area contributed by atoms with Gasteiger partial charge in [-0.2, -0.15) is 0 Å². The first-order chi connectivity index (χ1) is 10.1. The van der Waals surface area contributed by atoms with E-state index in [1.54, 1.807) is 7.11 Å². The van der Waals surface area contributed by atoms with Gasteiger partial charge in [-0.3, -0.25) is 9.69 Å². The zero-order valence-electron chi connectivity index (χ0n) is 12.6. The first-order valence-electron chi connectivity index (χ1n) is 7.35. The van der Waals surface area contributed by atoms with E-state index in [1.807, 2.05) is 25.1 Å². The topological polar surface area (TPSA) is 38.8 Å². The first kappa shape index (κ1) is 16.1. The van der Waals surface area contributed by atoms with Gasteiger partial charge in [-0.1, -0.05) is 11.6 Å². The molecule has 1 fully saturated rings. The normalized spacial score (nSPS) is 16.7. The van der Waals surface area contributed by atoms with Gasteiger partial charge in [-0.15, -0.1) is 0 Å². The van der Waals surface area contributed by atoms with Gasteiger partial charge in [0.2, 0.25) is 0 Å². The van der Waals surface area contributed by atoms with E-state index in [0.717, 1.165) is 43.8 Å². The molecule has 0 amide bonds. The highest BCUT2D eigenvalue weighted by Gasteiger charge is 2.26. The van der Waals surface area contributed by atoms with Crippen LogP contribution >= 0.6 is 11.6 Å². The molecule has 1 aromatic carbocycles. The van der Waals surface area contributed by atoms with E-state index >= 15 is 0 Å². The lowest BCUT2D eigenvalue weighted by molar-refractivity contribution is -0.149. The zero-order valence-corrected chi connectivity index (χ0v) is 13.4. The van der Waals surface area contributed by atoms with E-state index < -0.39 is 0 Å². The molecule has 0 aliphatic carbocycles. The highest BCUT2D eigenvalue weighted by molar-refractivity contribution is 6.30. The molecular formula is C16H22ClNO3. The van der Waals surface area contributed by atoms with Gasteiger partial charge in [-0.05, 0) is 51.1 Å². The number of esters is 1. The molecule has 0 radical (unpaired) electrons. The summed E-state index contributed by atoms with van der Waals surface area (Å²) in [5.74, 6) is 0.840. The molecule has 0 unspecified atom stereocenters. The Morgan fingerprint density at radius 2 is 2.10 bits per heavy atom. The van der Waals surface area contributed by atoms with Gasteiger partial charge < -0.3 is 9.47 Å². The number of likely N-dealkylation sites (tertiary alicyclic amines) is 1. The molecule has 0 saturated carbocycles. The molecule has 0 bridgehead atoms. The number of carbonyl (C=O) groups is 1. The van der Waals surface area contributed by atoms with Crippen molar-refractivity contribution in [1.82, 2.24) is 4.90 Å². The second kappa shape index (κ2) is 7.66. The molecule has 1 aliphatic rings. The van der Waals surface area contributed by atoms with Crippen LogP contribution in [0, 0.1) is 5.92 Å². The van der Waals surface area contributed by atoms with Gasteiger partial charge in [0, 0.05) is 17.1 Å². The molecule has 4 nitrogen and oxygen atoms in total. The number of nitrogens with zero attached hydrogens (tertiary/aromatic N) is 1. The van der Waals surface area contributed by atoms with E-state index in [4.69, 9.17) is 21.1 Å². The van der Waals surface area contributed by atoms with Crippen LogP contribution in [0.25, 0.3) is 0 Å². The second-order valence-corrected chi connectivity index (χ2v) is 5.70. The summed E-state index contributed by atoms with van der Waals surface area (Å²) in [5.41, 5.74) is 1.08. The van der Waals surface area contributed by atoms with Gasteiger partial charge in [-0.25, -0.2) is 0 Å². The van der Waals surface area contributed by atoms with Crippen LogP contribution in [0.1, 0.15) is 25.3 Å². The molecule has 5 heteroatoms. The minimum Gasteiger partial charge on any atom is -0.496 e. The summed E-state index contributed by atoms with van der Waals surface area (Å²) in [5, 5.41) is 0.715. The summed E-state index contributed by atoms with van der Waals surface area (Å²) in [4.78, 5) is 14.1. The maximum absolute atomic E-state index is 11.7. The maximum atomic E-state index is 11.7. The van der Waals surface area contributed by atoms with Gasteiger partial charge in [0.1, 0.15) is 5.75 Å². The number of piperidine rings is 1. The van der Waals surface area contributed by atoms with Crippen molar-refractivity contribution in [3.63, 3.8) is 0 Å². The Morgan fingerprint density at radius 3 is 2.71 bits per heavy atom. The minimum atomic E-state index is -0.0579. The Bertz CT molecular complexity index is 484. The molecule has 116 valence electrons. The fourth-order valence-electron chi connectivity index (χ4n) is 2.70. The number of carbonyl (C=O) groups excluding carboxylic acids is 1. The first-order valence-corrected chi connectivity index (χ1v) is 7.73. The van der Waals surface area contributed by atoms with Crippen molar-refractivity contribution in [2.45, 2.75) is 26.3 Å². The van der Waals surface area contributed by atoms with E-state index in [2.05, 4.69) is 4.90 Å². The molecule has 2 rings (SSSR count). The van der Waals surface area contributed by atoms with Crippen molar-refractivity contribution in [3.8, 4) is 5.75 Å². The number of hydrogen-bond donors (Lipinski definition) is 0. The molecular weight excluding hydrogens is 290 g/mol. The van der Waals surface area contributed by atoms with Crippen molar-refractivity contribution in [1.29, 1.82) is 0 Å². The van der Waals surface area contributed by atoms with E-state index in [9.17, 15) is 4.79 Å². The third kappa shape index (κ3) is 4.35. The number of rotatable bonds is 5.